The highest BCUT2D eigenvalue weighted by Gasteiger charge is 2.26. The molecule has 0 saturated heterocycles. The Morgan fingerprint density at radius 3 is 2.32 bits per heavy atom. The number of benzene rings is 2. The molecule has 0 amide bonds. The highest BCUT2D eigenvalue weighted by molar-refractivity contribution is 5.67. The summed E-state index contributed by atoms with van der Waals surface area (Å²) in [5.74, 6) is -2.44. The second-order valence-electron chi connectivity index (χ2n) is 9.74. The number of aryl methyl sites for hydroxylation is 1. The van der Waals surface area contributed by atoms with Crippen LogP contribution in [0, 0.1) is 24.5 Å². The minimum absolute atomic E-state index is 0.0258. The number of hydrogen-bond donors (Lipinski definition) is 1. The van der Waals surface area contributed by atoms with Gasteiger partial charge in [0.2, 0.25) is 11.8 Å². The lowest BCUT2D eigenvalue weighted by Crippen LogP contribution is -2.31. The molecule has 0 fully saturated rings. The Balaban J connectivity index is 1.62. The Kier molecular flexibility index (Phi) is 7.74. The van der Waals surface area contributed by atoms with Crippen molar-refractivity contribution in [3.8, 4) is 28.5 Å². The molecule has 0 aliphatic rings. The third-order valence-corrected chi connectivity index (χ3v) is 7.14. The maximum atomic E-state index is 14.2. The Labute approximate surface area is 234 Å². The maximum Gasteiger partial charge on any atom is 0.261 e. The Morgan fingerprint density at radius 1 is 0.976 bits per heavy atom. The fraction of sp³-hybridized carbons (Fsp3) is 0.226. The van der Waals surface area contributed by atoms with Crippen LogP contribution in [-0.4, -0.2) is 29.4 Å². The summed E-state index contributed by atoms with van der Waals surface area (Å²) in [7, 11) is 0. The van der Waals surface area contributed by atoms with Gasteiger partial charge in [-0.3, -0.25) is 14.0 Å². The van der Waals surface area contributed by atoms with Gasteiger partial charge in [0.1, 0.15) is 17.3 Å². The largest absolute Gasteiger partial charge is 0.493 e. The zero-order chi connectivity index (χ0) is 29.3. The lowest BCUT2D eigenvalue weighted by molar-refractivity contribution is 0.433. The molecule has 0 unspecified atom stereocenters. The molecule has 0 aliphatic carbocycles. The van der Waals surface area contributed by atoms with Crippen LogP contribution in [0.5, 0.6) is 5.88 Å². The van der Waals surface area contributed by atoms with E-state index in [9.17, 15) is 23.1 Å². The number of halogens is 3. The molecule has 1 atom stereocenters. The van der Waals surface area contributed by atoms with Crippen molar-refractivity contribution in [1.29, 1.82) is 0 Å². The van der Waals surface area contributed by atoms with Crippen LogP contribution in [0.15, 0.2) is 71.8 Å². The van der Waals surface area contributed by atoms with Crippen LogP contribution in [0.2, 0.25) is 0 Å². The second kappa shape index (κ2) is 11.4. The van der Waals surface area contributed by atoms with E-state index in [1.165, 1.54) is 22.9 Å². The molecule has 0 bridgehead atoms. The second-order valence-corrected chi connectivity index (χ2v) is 9.74. The zero-order valence-corrected chi connectivity index (χ0v) is 22.8. The number of nitrogens with zero attached hydrogens (tertiary/aromatic N) is 5. The van der Waals surface area contributed by atoms with Crippen LogP contribution in [0.3, 0.4) is 0 Å². The van der Waals surface area contributed by atoms with Gasteiger partial charge in [0.05, 0.1) is 11.6 Å². The SMILES string of the molecule is CC[C@@H](c1cc(F)cc(F)c1)n1c(-c2ccn(CC)n2)nc(O)c(Cc2ccc(-c3ccnc(F)c3C)cc2)c1=O. The average Bonchev–Trinajstić information content (AvgIpc) is 3.43. The molecule has 2 aromatic carbocycles. The minimum atomic E-state index is -0.784. The molecule has 1 N–H and O–H groups in total. The van der Waals surface area contributed by atoms with Gasteiger partial charge in [0.25, 0.3) is 5.56 Å². The molecule has 5 aromatic rings. The molecule has 3 heterocycles. The molecular formula is C31H28F3N5O2. The van der Waals surface area contributed by atoms with Crippen LogP contribution >= 0.6 is 0 Å². The number of hydrogen-bond acceptors (Lipinski definition) is 5. The van der Waals surface area contributed by atoms with E-state index in [1.807, 2.05) is 6.92 Å². The molecule has 0 saturated carbocycles. The molecule has 0 spiro atoms. The first-order valence-corrected chi connectivity index (χ1v) is 13.2. The summed E-state index contributed by atoms with van der Waals surface area (Å²) in [5.41, 5.74) is 2.66. The fourth-order valence-electron chi connectivity index (χ4n) is 5.00. The standard InChI is InChI=1S/C31H28F3N5O2/c1-4-27(21-15-22(32)17-23(33)16-21)39-29(26-11-13-38(5-2)37-26)36-30(40)25(31(39)41)14-19-6-8-20(9-7-19)24-10-12-35-28(34)18(24)3/h6-13,15-17,27,40H,4-5,14H2,1-3H3/t27-/m0/s1. The monoisotopic (exact) mass is 559 g/mol. The van der Waals surface area contributed by atoms with Gasteiger partial charge >= 0.3 is 0 Å². The number of aromatic hydroxyl groups is 1. The maximum absolute atomic E-state index is 14.2. The molecule has 210 valence electrons. The van der Waals surface area contributed by atoms with Crippen molar-refractivity contribution >= 4 is 0 Å². The van der Waals surface area contributed by atoms with E-state index in [0.717, 1.165) is 11.6 Å². The summed E-state index contributed by atoms with van der Waals surface area (Å²) in [6.45, 7) is 5.92. The van der Waals surface area contributed by atoms with Crippen molar-refractivity contribution in [3.63, 3.8) is 0 Å². The van der Waals surface area contributed by atoms with Gasteiger partial charge in [0, 0.05) is 37.0 Å². The first-order valence-electron chi connectivity index (χ1n) is 13.2. The highest BCUT2D eigenvalue weighted by atomic mass is 19.1. The summed E-state index contributed by atoms with van der Waals surface area (Å²) < 4.78 is 45.4. The smallest absolute Gasteiger partial charge is 0.261 e. The first-order chi connectivity index (χ1) is 19.7. The first kappa shape index (κ1) is 27.8. The number of pyridine rings is 1. The van der Waals surface area contributed by atoms with E-state index in [2.05, 4.69) is 15.1 Å². The molecule has 5 rings (SSSR count). The number of rotatable bonds is 8. The minimum Gasteiger partial charge on any atom is -0.493 e. The molecule has 41 heavy (non-hydrogen) atoms. The third kappa shape index (κ3) is 5.50. The molecule has 3 aromatic heterocycles. The summed E-state index contributed by atoms with van der Waals surface area (Å²) in [6.07, 6.45) is 3.47. The summed E-state index contributed by atoms with van der Waals surface area (Å²) in [4.78, 5) is 22.1. The van der Waals surface area contributed by atoms with Crippen LogP contribution < -0.4 is 5.56 Å². The normalized spacial score (nSPS) is 12.0. The van der Waals surface area contributed by atoms with Crippen LogP contribution in [0.25, 0.3) is 22.6 Å². The molecule has 7 nitrogen and oxygen atoms in total. The van der Waals surface area contributed by atoms with Gasteiger partial charge < -0.3 is 5.11 Å². The average molecular weight is 560 g/mol. The predicted octanol–water partition coefficient (Wildman–Crippen LogP) is 6.21. The van der Waals surface area contributed by atoms with Crippen molar-refractivity contribution in [2.24, 2.45) is 0 Å². The molecule has 10 heteroatoms. The van der Waals surface area contributed by atoms with Gasteiger partial charge in [-0.2, -0.15) is 14.5 Å². The van der Waals surface area contributed by atoms with Crippen molar-refractivity contribution in [1.82, 2.24) is 24.3 Å². The van der Waals surface area contributed by atoms with Crippen molar-refractivity contribution < 1.29 is 18.3 Å². The Bertz CT molecular complexity index is 1760. The summed E-state index contributed by atoms with van der Waals surface area (Å²) in [5, 5.41) is 15.4. The van der Waals surface area contributed by atoms with E-state index in [1.54, 1.807) is 61.1 Å². The molecule has 0 aliphatic heterocycles. The van der Waals surface area contributed by atoms with E-state index in [0.29, 0.717) is 35.3 Å². The van der Waals surface area contributed by atoms with Gasteiger partial charge in [-0.1, -0.05) is 31.2 Å². The Hall–Kier alpha value is -4.73. The molecule has 0 radical (unpaired) electrons. The van der Waals surface area contributed by atoms with Gasteiger partial charge in [-0.15, -0.1) is 0 Å². The van der Waals surface area contributed by atoms with Crippen molar-refractivity contribution in [3.05, 3.63) is 117 Å². The van der Waals surface area contributed by atoms with Crippen LogP contribution in [0.4, 0.5) is 13.2 Å². The van der Waals surface area contributed by atoms with Gasteiger partial charge in [-0.25, -0.2) is 13.8 Å². The van der Waals surface area contributed by atoms with Gasteiger partial charge in [-0.05, 0) is 66.8 Å². The lowest BCUT2D eigenvalue weighted by atomic mass is 9.98. The van der Waals surface area contributed by atoms with E-state index < -0.39 is 35.1 Å². The lowest BCUT2D eigenvalue weighted by Gasteiger charge is -2.23. The van der Waals surface area contributed by atoms with Gasteiger partial charge in [0.15, 0.2) is 5.82 Å². The topological polar surface area (TPSA) is 85.8 Å². The van der Waals surface area contributed by atoms with Crippen molar-refractivity contribution in [2.75, 3.05) is 0 Å². The number of aromatic nitrogens is 5. The summed E-state index contributed by atoms with van der Waals surface area (Å²) >= 11 is 0. The summed E-state index contributed by atoms with van der Waals surface area (Å²) in [6, 6.07) is 12.9. The van der Waals surface area contributed by atoms with Crippen molar-refractivity contribution in [2.45, 2.75) is 46.2 Å². The fourth-order valence-corrected chi connectivity index (χ4v) is 5.00. The zero-order valence-electron chi connectivity index (χ0n) is 22.8. The highest BCUT2D eigenvalue weighted by Crippen LogP contribution is 2.30. The van der Waals surface area contributed by atoms with Crippen LogP contribution in [-0.2, 0) is 13.0 Å². The molecular weight excluding hydrogens is 531 g/mol. The third-order valence-electron chi connectivity index (χ3n) is 7.14. The van der Waals surface area contributed by atoms with E-state index in [-0.39, 0.29) is 23.4 Å². The van der Waals surface area contributed by atoms with E-state index >= 15 is 0 Å². The van der Waals surface area contributed by atoms with Crippen LogP contribution in [0.1, 0.15) is 48.6 Å². The van der Waals surface area contributed by atoms with E-state index in [4.69, 9.17) is 0 Å². The Morgan fingerprint density at radius 2 is 1.68 bits per heavy atom. The quantitative estimate of drug-likeness (QED) is 0.229. The predicted molar refractivity (Wildman–Crippen MR) is 149 cm³/mol.